The molecular weight excluding hydrogens is 217 g/mol. The number of hydrogen-bond donors (Lipinski definition) is 1. The third kappa shape index (κ3) is 3.66. The quantitative estimate of drug-likeness (QED) is 0.816. The molecule has 0 aliphatic carbocycles. The second-order valence-electron chi connectivity index (χ2n) is 3.88. The first-order valence-electron chi connectivity index (χ1n) is 5.55. The minimum Gasteiger partial charge on any atom is -0.383 e. The van der Waals surface area contributed by atoms with E-state index in [2.05, 4.69) is 9.98 Å². The number of alkyl halides is 1. The summed E-state index contributed by atoms with van der Waals surface area (Å²) in [5.41, 5.74) is 8.32. The highest BCUT2D eigenvalue weighted by atomic mass is 19.1. The zero-order chi connectivity index (χ0) is 12.8. The Labute approximate surface area is 101 Å². The lowest BCUT2D eigenvalue weighted by Crippen LogP contribution is -2.05. The van der Waals surface area contributed by atoms with Gasteiger partial charge in [-0.1, -0.05) is 6.08 Å². The van der Waals surface area contributed by atoms with Gasteiger partial charge in [-0.2, -0.15) is 0 Å². The van der Waals surface area contributed by atoms with E-state index in [0.29, 0.717) is 5.82 Å². The summed E-state index contributed by atoms with van der Waals surface area (Å²) < 4.78 is 13.0. The fraction of sp³-hybridized carbons (Fsp3) is 0.385. The number of rotatable bonds is 4. The van der Waals surface area contributed by atoms with Gasteiger partial charge in [0.2, 0.25) is 0 Å². The Morgan fingerprint density at radius 2 is 2.35 bits per heavy atom. The first-order chi connectivity index (χ1) is 8.08. The molecule has 1 heterocycles. The van der Waals surface area contributed by atoms with Gasteiger partial charge >= 0.3 is 0 Å². The van der Waals surface area contributed by atoms with Crippen LogP contribution in [-0.4, -0.2) is 24.4 Å². The minimum absolute atomic E-state index is 0.285. The van der Waals surface area contributed by atoms with Crippen molar-refractivity contribution in [1.82, 2.24) is 4.98 Å². The number of pyridine rings is 1. The molecule has 0 fully saturated rings. The molecule has 17 heavy (non-hydrogen) atoms. The molecule has 0 bridgehead atoms. The van der Waals surface area contributed by atoms with Gasteiger partial charge in [0.05, 0.1) is 0 Å². The number of nitrogens with zero attached hydrogens (tertiary/aromatic N) is 2. The molecule has 0 spiro atoms. The Bertz CT molecular complexity index is 436. The maximum Gasteiger partial charge on any atom is 0.126 e. The molecule has 0 aliphatic heterocycles. The first-order valence-corrected chi connectivity index (χ1v) is 5.55. The van der Waals surface area contributed by atoms with Crippen LogP contribution in [0.3, 0.4) is 0 Å². The molecule has 0 amide bonds. The molecule has 3 nitrogen and oxygen atoms in total. The highest BCUT2D eigenvalue weighted by Crippen LogP contribution is 2.19. The molecule has 1 unspecified atom stereocenters. The monoisotopic (exact) mass is 235 g/mol. The summed E-state index contributed by atoms with van der Waals surface area (Å²) in [7, 11) is 1.71. The molecule has 0 saturated heterocycles. The Morgan fingerprint density at radius 1 is 1.65 bits per heavy atom. The lowest BCUT2D eigenvalue weighted by atomic mass is 10.0. The highest BCUT2D eigenvalue weighted by Gasteiger charge is 2.08. The van der Waals surface area contributed by atoms with Crippen molar-refractivity contribution in [3.63, 3.8) is 0 Å². The predicted octanol–water partition coefficient (Wildman–Crippen LogP) is 2.67. The van der Waals surface area contributed by atoms with Gasteiger partial charge in [-0.3, -0.25) is 4.99 Å². The maximum atomic E-state index is 13.0. The van der Waals surface area contributed by atoms with E-state index in [9.17, 15) is 4.39 Å². The van der Waals surface area contributed by atoms with Gasteiger partial charge in [0.25, 0.3) is 0 Å². The van der Waals surface area contributed by atoms with E-state index in [4.69, 9.17) is 5.73 Å². The van der Waals surface area contributed by atoms with Crippen LogP contribution in [0.1, 0.15) is 25.0 Å². The number of aliphatic imine (C=N–C) groups is 1. The summed E-state index contributed by atoms with van der Waals surface area (Å²) in [6, 6.07) is 1.87. The Kier molecular flexibility index (Phi) is 4.82. The summed E-state index contributed by atoms with van der Waals surface area (Å²) in [6.45, 7) is 3.43. The van der Waals surface area contributed by atoms with Crippen molar-refractivity contribution in [1.29, 1.82) is 0 Å². The van der Waals surface area contributed by atoms with E-state index in [1.165, 1.54) is 6.92 Å². The molecular formula is C13H18FN3. The zero-order valence-corrected chi connectivity index (χ0v) is 10.4. The van der Waals surface area contributed by atoms with E-state index in [-0.39, 0.29) is 6.42 Å². The second-order valence-corrected chi connectivity index (χ2v) is 3.88. The molecule has 0 aliphatic rings. The Hall–Kier alpha value is -1.71. The van der Waals surface area contributed by atoms with E-state index in [1.807, 2.05) is 19.1 Å². The zero-order valence-electron chi connectivity index (χ0n) is 10.4. The van der Waals surface area contributed by atoms with Gasteiger partial charge in [-0.15, -0.1) is 0 Å². The first kappa shape index (κ1) is 13.4. The Balaban J connectivity index is 3.11. The fourth-order valence-electron chi connectivity index (χ4n) is 1.60. The molecule has 2 N–H and O–H groups in total. The lowest BCUT2D eigenvalue weighted by Gasteiger charge is -2.08. The van der Waals surface area contributed by atoms with Crippen molar-refractivity contribution in [2.24, 2.45) is 4.99 Å². The molecule has 1 atom stereocenters. The smallest absolute Gasteiger partial charge is 0.126 e. The van der Waals surface area contributed by atoms with Crippen LogP contribution in [0.4, 0.5) is 10.2 Å². The molecule has 1 rings (SSSR count). The van der Waals surface area contributed by atoms with Crippen molar-refractivity contribution >= 4 is 17.6 Å². The van der Waals surface area contributed by atoms with Gasteiger partial charge in [0.1, 0.15) is 12.0 Å². The summed E-state index contributed by atoms with van der Waals surface area (Å²) in [4.78, 5) is 8.06. The summed E-state index contributed by atoms with van der Waals surface area (Å²) >= 11 is 0. The number of nitrogen functional groups attached to an aromatic ring is 1. The van der Waals surface area contributed by atoms with Gasteiger partial charge < -0.3 is 5.73 Å². The van der Waals surface area contributed by atoms with Crippen LogP contribution in [0.25, 0.3) is 5.57 Å². The third-order valence-corrected chi connectivity index (χ3v) is 2.42. The number of allylic oxidation sites excluding steroid dienone is 2. The summed E-state index contributed by atoms with van der Waals surface area (Å²) in [5, 5.41) is 0. The summed E-state index contributed by atoms with van der Waals surface area (Å²) in [5.74, 6) is 0.391. The molecule has 92 valence electrons. The molecule has 0 saturated carbocycles. The second kappa shape index (κ2) is 6.13. The van der Waals surface area contributed by atoms with Gasteiger partial charge in [-0.25, -0.2) is 9.37 Å². The lowest BCUT2D eigenvalue weighted by molar-refractivity contribution is 0.360. The van der Waals surface area contributed by atoms with Crippen molar-refractivity contribution in [2.75, 3.05) is 12.8 Å². The molecule has 1 aromatic heterocycles. The van der Waals surface area contributed by atoms with E-state index in [0.717, 1.165) is 16.7 Å². The van der Waals surface area contributed by atoms with Gasteiger partial charge in [0, 0.05) is 31.4 Å². The number of hydrogen-bond acceptors (Lipinski definition) is 3. The maximum absolute atomic E-state index is 13.0. The number of nitrogens with two attached hydrogens (primary N) is 1. The fourth-order valence-corrected chi connectivity index (χ4v) is 1.60. The van der Waals surface area contributed by atoms with Gasteiger partial charge in [0.15, 0.2) is 0 Å². The SMILES string of the molecule is C/C=C(\C=NC)c1cnc(N)c(CC(C)F)c1. The largest absolute Gasteiger partial charge is 0.383 e. The van der Waals surface area contributed by atoms with Crippen molar-refractivity contribution in [3.05, 3.63) is 29.5 Å². The third-order valence-electron chi connectivity index (χ3n) is 2.42. The number of anilines is 1. The molecule has 4 heteroatoms. The van der Waals surface area contributed by atoms with Crippen LogP contribution >= 0.6 is 0 Å². The van der Waals surface area contributed by atoms with Crippen LogP contribution in [-0.2, 0) is 6.42 Å². The minimum atomic E-state index is -0.928. The standard InChI is InChI=1S/C13H18FN3/c1-4-10(7-16-3)12-6-11(5-9(2)14)13(15)17-8-12/h4,6-9H,5H2,1-3H3,(H2,15,17)/b10-4+,16-7?. The average molecular weight is 235 g/mol. The topological polar surface area (TPSA) is 51.3 Å². The van der Waals surface area contributed by atoms with Crippen LogP contribution in [0.15, 0.2) is 23.3 Å². The van der Waals surface area contributed by atoms with Crippen molar-refractivity contribution < 1.29 is 4.39 Å². The Morgan fingerprint density at radius 3 is 2.88 bits per heavy atom. The molecule has 0 aromatic carbocycles. The van der Waals surface area contributed by atoms with Gasteiger partial charge in [-0.05, 0) is 31.1 Å². The molecule has 0 radical (unpaired) electrons. The van der Waals surface area contributed by atoms with Crippen LogP contribution < -0.4 is 5.73 Å². The highest BCUT2D eigenvalue weighted by molar-refractivity contribution is 6.09. The van der Waals surface area contributed by atoms with E-state index in [1.54, 1.807) is 19.5 Å². The number of aromatic nitrogens is 1. The molecule has 1 aromatic rings. The van der Waals surface area contributed by atoms with Crippen LogP contribution in [0.5, 0.6) is 0 Å². The average Bonchev–Trinajstić information content (AvgIpc) is 2.28. The van der Waals surface area contributed by atoms with Crippen LogP contribution in [0, 0.1) is 0 Å². The predicted molar refractivity (Wildman–Crippen MR) is 71.0 cm³/mol. The van der Waals surface area contributed by atoms with E-state index < -0.39 is 6.17 Å². The summed E-state index contributed by atoms with van der Waals surface area (Å²) in [6.07, 6.45) is 4.72. The number of halogens is 1. The van der Waals surface area contributed by atoms with Crippen molar-refractivity contribution in [2.45, 2.75) is 26.4 Å². The normalized spacial score (nSPS) is 14.2. The van der Waals surface area contributed by atoms with Crippen molar-refractivity contribution in [3.8, 4) is 0 Å². The van der Waals surface area contributed by atoms with E-state index >= 15 is 0 Å². The van der Waals surface area contributed by atoms with Crippen LogP contribution in [0.2, 0.25) is 0 Å².